The number of hydrogen-bond acceptors (Lipinski definition) is 2. The van der Waals surface area contributed by atoms with Gasteiger partial charge in [-0.05, 0) is 51.8 Å². The summed E-state index contributed by atoms with van der Waals surface area (Å²) in [6.45, 7) is 3.08. The molecule has 0 unspecified atom stereocenters. The summed E-state index contributed by atoms with van der Waals surface area (Å²) in [7, 11) is 1.49. The fourth-order valence-corrected chi connectivity index (χ4v) is 5.70. The van der Waals surface area contributed by atoms with Crippen LogP contribution in [-0.4, -0.2) is 36.2 Å². The van der Waals surface area contributed by atoms with Crippen molar-refractivity contribution in [3.8, 4) is 0 Å². The van der Waals surface area contributed by atoms with Gasteiger partial charge in [-0.25, -0.2) is 0 Å². The molecule has 0 heterocycles. The largest absolute Gasteiger partial charge is 0.395 e. The zero-order chi connectivity index (χ0) is 17.6. The maximum atomic E-state index is 9.28. The van der Waals surface area contributed by atoms with E-state index in [0.29, 0.717) is 6.54 Å². The molecule has 0 aliphatic heterocycles. The minimum absolute atomic E-state index is 0.184. The summed E-state index contributed by atoms with van der Waals surface area (Å²) in [5, 5.41) is 12.0. The van der Waals surface area contributed by atoms with Gasteiger partial charge in [-0.2, -0.15) is 0 Å². The molecule has 129 valence electrons. The fraction of sp³-hybridized carbons (Fsp3) is 0.227. The summed E-state index contributed by atoms with van der Waals surface area (Å²) in [4.78, 5) is 2.21. The molecule has 25 heavy (non-hydrogen) atoms. The number of likely N-dealkylation sites (N-methyl/N-ethyl adjacent to an activating group) is 1. The third-order valence-corrected chi connectivity index (χ3v) is 7.18. The molecule has 1 fully saturated rings. The van der Waals surface area contributed by atoms with Crippen molar-refractivity contribution >= 4 is 18.5 Å². The predicted molar refractivity (Wildman–Crippen MR) is 108 cm³/mol. The smallest absolute Gasteiger partial charge is 0.0558 e. The van der Waals surface area contributed by atoms with E-state index in [1.54, 1.807) is 0 Å². The summed E-state index contributed by atoms with van der Waals surface area (Å²) < 4.78 is 0. The third kappa shape index (κ3) is 4.31. The van der Waals surface area contributed by atoms with Gasteiger partial charge in [0.1, 0.15) is 0 Å². The predicted octanol–water partition coefficient (Wildman–Crippen LogP) is 3.16. The highest BCUT2D eigenvalue weighted by Crippen LogP contribution is 2.57. The molecule has 3 rings (SSSR count). The fourth-order valence-electron chi connectivity index (χ4n) is 3.15. The lowest BCUT2D eigenvalue weighted by atomic mass is 9.98. The zero-order valence-electron chi connectivity index (χ0n) is 14.8. The Balaban J connectivity index is 1.92. The van der Waals surface area contributed by atoms with Crippen LogP contribution >= 0.6 is 7.92 Å². The van der Waals surface area contributed by atoms with Gasteiger partial charge in [0.2, 0.25) is 0 Å². The van der Waals surface area contributed by atoms with Crippen molar-refractivity contribution in [3.05, 3.63) is 91.5 Å². The van der Waals surface area contributed by atoms with Crippen LogP contribution in [0.3, 0.4) is 0 Å². The van der Waals surface area contributed by atoms with Gasteiger partial charge in [0.25, 0.3) is 0 Å². The first-order valence-corrected chi connectivity index (χ1v) is 10.0. The monoisotopic (exact) mass is 350 g/mol. The number of rotatable bonds is 7. The van der Waals surface area contributed by atoms with Crippen LogP contribution in [0.2, 0.25) is 0 Å². The Morgan fingerprint density at radius 2 is 1.48 bits per heavy atom. The lowest BCUT2D eigenvalue weighted by Crippen LogP contribution is -2.38. The molecule has 0 spiro atoms. The van der Waals surface area contributed by atoms with Crippen LogP contribution in [0.15, 0.2) is 60.7 Å². The molecule has 5 radical (unpaired) electrons. The standard InChI is InChI=1S/C22H25NOP/c1-18(23(2)16-17-24)21-14-9-15-22(21)25(19-10-5-3-6-11-19)20-12-7-4-8-13-20/h3-15,18,24H,16-17H2,1-2H3/t18-/m1/s1. The second-order valence-electron chi connectivity index (χ2n) is 6.25. The summed E-state index contributed by atoms with van der Waals surface area (Å²) in [6.07, 6.45) is 6.66. The van der Waals surface area contributed by atoms with Crippen LogP contribution in [0.4, 0.5) is 0 Å². The van der Waals surface area contributed by atoms with Crippen LogP contribution in [-0.2, 0) is 0 Å². The second-order valence-corrected chi connectivity index (χ2v) is 8.44. The van der Waals surface area contributed by atoms with Crippen molar-refractivity contribution in [1.29, 1.82) is 0 Å². The molecule has 1 aliphatic rings. The van der Waals surface area contributed by atoms with E-state index in [4.69, 9.17) is 0 Å². The van der Waals surface area contributed by atoms with Crippen molar-refractivity contribution in [3.63, 3.8) is 0 Å². The average molecular weight is 350 g/mol. The minimum Gasteiger partial charge on any atom is -0.395 e. The quantitative estimate of drug-likeness (QED) is 0.776. The molecule has 2 aromatic rings. The van der Waals surface area contributed by atoms with Crippen molar-refractivity contribution in [2.75, 3.05) is 20.2 Å². The topological polar surface area (TPSA) is 23.5 Å². The van der Waals surface area contributed by atoms with E-state index < -0.39 is 7.92 Å². The van der Waals surface area contributed by atoms with E-state index in [1.165, 1.54) is 22.2 Å². The second kappa shape index (κ2) is 8.94. The molecule has 3 heteroatoms. The van der Waals surface area contributed by atoms with Crippen molar-refractivity contribution in [2.24, 2.45) is 0 Å². The van der Waals surface area contributed by atoms with Gasteiger partial charge in [0, 0.05) is 24.2 Å². The average Bonchev–Trinajstić information content (AvgIpc) is 3.12. The Kier molecular flexibility index (Phi) is 6.64. The first-order valence-electron chi connectivity index (χ1n) is 8.69. The van der Waals surface area contributed by atoms with E-state index in [1.807, 2.05) is 0 Å². The first kappa shape index (κ1) is 18.6. The van der Waals surface area contributed by atoms with E-state index >= 15 is 0 Å². The summed E-state index contributed by atoms with van der Waals surface area (Å²) >= 11 is 0. The zero-order valence-corrected chi connectivity index (χ0v) is 15.7. The van der Waals surface area contributed by atoms with Gasteiger partial charge in [0.05, 0.1) is 6.61 Å². The molecular weight excluding hydrogens is 325 g/mol. The molecular formula is C22H25NOP. The molecule has 1 atom stereocenters. The summed E-state index contributed by atoms with van der Waals surface area (Å²) in [5.41, 5.74) is 1.41. The Bertz CT molecular complexity index is 593. The molecule has 1 saturated carbocycles. The van der Waals surface area contributed by atoms with E-state index in [0.717, 1.165) is 0 Å². The Morgan fingerprint density at radius 3 is 2.00 bits per heavy atom. The van der Waals surface area contributed by atoms with Crippen LogP contribution < -0.4 is 10.6 Å². The number of nitrogens with zero attached hydrogens (tertiary/aromatic N) is 1. The summed E-state index contributed by atoms with van der Waals surface area (Å²) in [5.74, 6) is 1.36. The first-order chi connectivity index (χ1) is 12.2. The van der Waals surface area contributed by atoms with E-state index in [9.17, 15) is 5.11 Å². The Labute approximate surface area is 153 Å². The van der Waals surface area contributed by atoms with Gasteiger partial charge in [-0.1, -0.05) is 60.7 Å². The van der Waals surface area contributed by atoms with Gasteiger partial charge < -0.3 is 10.0 Å². The number of aliphatic hydroxyl groups excluding tert-OH is 1. The number of hydrogen-bond donors (Lipinski definition) is 1. The molecule has 2 aromatic carbocycles. The van der Waals surface area contributed by atoms with E-state index in [-0.39, 0.29) is 12.6 Å². The molecule has 0 bridgehead atoms. The highest BCUT2D eigenvalue weighted by atomic mass is 31.1. The third-order valence-electron chi connectivity index (χ3n) is 4.66. The van der Waals surface area contributed by atoms with Gasteiger partial charge >= 0.3 is 0 Å². The lowest BCUT2D eigenvalue weighted by Gasteiger charge is -2.36. The maximum Gasteiger partial charge on any atom is 0.0558 e. The molecule has 0 saturated heterocycles. The Hall–Kier alpha value is -1.21. The minimum atomic E-state index is -0.585. The van der Waals surface area contributed by atoms with E-state index in [2.05, 4.69) is 98.8 Å². The normalized spacial score (nSPS) is 17.5. The van der Waals surface area contributed by atoms with Crippen LogP contribution in [0.1, 0.15) is 6.92 Å². The highest BCUT2D eigenvalue weighted by molar-refractivity contribution is 7.76. The van der Waals surface area contributed by atoms with Gasteiger partial charge in [-0.15, -0.1) is 0 Å². The number of benzene rings is 2. The molecule has 1 N–H and O–H groups in total. The van der Waals surface area contributed by atoms with Crippen molar-refractivity contribution in [2.45, 2.75) is 13.0 Å². The van der Waals surface area contributed by atoms with Crippen molar-refractivity contribution in [1.82, 2.24) is 4.90 Å². The van der Waals surface area contributed by atoms with Gasteiger partial charge in [-0.3, -0.25) is 0 Å². The molecule has 0 amide bonds. The number of aliphatic hydroxyl groups is 1. The van der Waals surface area contributed by atoms with Crippen LogP contribution in [0, 0.1) is 30.8 Å². The SMILES string of the molecule is C[C@H]([C]1[CH][CH][CH][C]1P(c1ccccc1)c1ccccc1)N(C)CCO. The molecule has 1 aliphatic carbocycles. The van der Waals surface area contributed by atoms with Crippen molar-refractivity contribution < 1.29 is 5.11 Å². The van der Waals surface area contributed by atoms with Crippen LogP contribution in [0.25, 0.3) is 0 Å². The molecule has 0 aromatic heterocycles. The Morgan fingerprint density at radius 1 is 0.920 bits per heavy atom. The van der Waals surface area contributed by atoms with Gasteiger partial charge in [0.15, 0.2) is 0 Å². The maximum absolute atomic E-state index is 9.28. The summed E-state index contributed by atoms with van der Waals surface area (Å²) in [6, 6.07) is 21.8. The molecule has 2 nitrogen and oxygen atoms in total. The van der Waals surface area contributed by atoms with Crippen LogP contribution in [0.5, 0.6) is 0 Å². The highest BCUT2D eigenvalue weighted by Gasteiger charge is 2.40. The lowest BCUT2D eigenvalue weighted by molar-refractivity contribution is 0.195.